The minimum atomic E-state index is -1.00. The fourth-order valence-electron chi connectivity index (χ4n) is 4.14. The summed E-state index contributed by atoms with van der Waals surface area (Å²) < 4.78 is 7.62. The molecule has 30 heavy (non-hydrogen) atoms. The van der Waals surface area contributed by atoms with E-state index >= 15 is 0 Å². The molecule has 5 rings (SSSR count). The number of allylic oxidation sites excluding steroid dienone is 1. The Labute approximate surface area is 167 Å². The highest BCUT2D eigenvalue weighted by Gasteiger charge is 2.44. The average molecular weight is 406 g/mol. The van der Waals surface area contributed by atoms with E-state index in [4.69, 9.17) is 4.42 Å². The molecule has 2 aromatic heterocycles. The monoisotopic (exact) mass is 406 g/mol. The van der Waals surface area contributed by atoms with Gasteiger partial charge in [-0.2, -0.15) is 0 Å². The number of rotatable bonds is 2. The van der Waals surface area contributed by atoms with Crippen molar-refractivity contribution in [3.05, 3.63) is 95.4 Å². The number of hydrogen-bond donors (Lipinski definition) is 1. The summed E-state index contributed by atoms with van der Waals surface area (Å²) in [6.45, 7) is 0. The number of fused-ring (bicyclic) bond motifs is 3. The number of benzene rings is 1. The number of carbonyl (C=O) groups excluding carboxylic acids is 1. The normalized spacial score (nSPS) is 16.7. The molecular weight excluding hydrogens is 392 g/mol. The molecule has 0 bridgehead atoms. The van der Waals surface area contributed by atoms with E-state index < -0.39 is 28.0 Å². The molecule has 10 heteroatoms. The number of nitrogens with zero attached hydrogens (tertiary/aromatic N) is 3. The molecule has 1 aromatic carbocycles. The van der Waals surface area contributed by atoms with E-state index in [9.17, 15) is 24.5 Å². The van der Waals surface area contributed by atoms with Gasteiger partial charge in [-0.1, -0.05) is 24.3 Å². The number of carbonyl (C=O) groups is 1. The SMILES string of the molecule is Cn1c2c(c(=O)n(C)c1=O)C(c1ccc([N+](=O)[O-])o1)C1=C(N2)c2ccccc2C1=O. The van der Waals surface area contributed by atoms with Gasteiger partial charge in [-0.05, 0) is 6.07 Å². The first-order valence-corrected chi connectivity index (χ1v) is 9.00. The molecule has 1 unspecified atom stereocenters. The van der Waals surface area contributed by atoms with Crippen LogP contribution in [0.5, 0.6) is 0 Å². The van der Waals surface area contributed by atoms with Crippen LogP contribution in [0.4, 0.5) is 11.7 Å². The smallest absolute Gasteiger partial charge is 0.405 e. The van der Waals surface area contributed by atoms with E-state index in [1.54, 1.807) is 24.3 Å². The molecule has 3 aromatic rings. The van der Waals surface area contributed by atoms with Crippen LogP contribution in [0.1, 0.15) is 33.2 Å². The van der Waals surface area contributed by atoms with Crippen molar-refractivity contribution >= 4 is 23.2 Å². The summed E-state index contributed by atoms with van der Waals surface area (Å²) >= 11 is 0. The van der Waals surface area contributed by atoms with Gasteiger partial charge in [0, 0.05) is 30.8 Å². The summed E-state index contributed by atoms with van der Waals surface area (Å²) in [6, 6.07) is 9.48. The predicted molar refractivity (Wildman–Crippen MR) is 105 cm³/mol. The lowest BCUT2D eigenvalue weighted by atomic mass is 9.85. The molecule has 0 amide bonds. The van der Waals surface area contributed by atoms with E-state index in [2.05, 4.69) is 5.32 Å². The van der Waals surface area contributed by atoms with Crippen LogP contribution in [-0.4, -0.2) is 19.8 Å². The average Bonchev–Trinajstić information content (AvgIpc) is 3.34. The molecule has 1 N–H and O–H groups in total. The van der Waals surface area contributed by atoms with Gasteiger partial charge in [0.2, 0.25) is 0 Å². The number of nitrogens with one attached hydrogen (secondary N) is 1. The highest BCUT2D eigenvalue weighted by atomic mass is 16.6. The van der Waals surface area contributed by atoms with E-state index in [0.29, 0.717) is 16.8 Å². The summed E-state index contributed by atoms with van der Waals surface area (Å²) in [5.74, 6) is -1.52. The zero-order chi connectivity index (χ0) is 21.3. The molecule has 0 radical (unpaired) electrons. The zero-order valence-corrected chi connectivity index (χ0v) is 15.8. The van der Waals surface area contributed by atoms with E-state index in [1.165, 1.54) is 30.8 Å². The minimum absolute atomic E-state index is 0.0776. The summed E-state index contributed by atoms with van der Waals surface area (Å²) in [5, 5.41) is 14.2. The van der Waals surface area contributed by atoms with Crippen LogP contribution >= 0.6 is 0 Å². The maximum absolute atomic E-state index is 13.3. The molecule has 0 saturated carbocycles. The third-order valence-electron chi connectivity index (χ3n) is 5.55. The maximum atomic E-state index is 13.3. The Morgan fingerprint density at radius 2 is 1.73 bits per heavy atom. The van der Waals surface area contributed by atoms with Gasteiger partial charge >= 0.3 is 11.6 Å². The van der Waals surface area contributed by atoms with Crippen molar-refractivity contribution in [2.24, 2.45) is 14.1 Å². The lowest BCUT2D eigenvalue weighted by Gasteiger charge is -2.28. The largest absolute Gasteiger partial charge is 0.433 e. The van der Waals surface area contributed by atoms with Crippen LogP contribution < -0.4 is 16.6 Å². The second-order valence-electron chi connectivity index (χ2n) is 7.12. The summed E-state index contributed by atoms with van der Waals surface area (Å²) in [6.07, 6.45) is 0. The topological polar surface area (TPSA) is 129 Å². The van der Waals surface area contributed by atoms with Gasteiger partial charge < -0.3 is 9.73 Å². The van der Waals surface area contributed by atoms with Gasteiger partial charge in [-0.25, -0.2) is 4.79 Å². The summed E-state index contributed by atoms with van der Waals surface area (Å²) in [7, 11) is 2.84. The van der Waals surface area contributed by atoms with E-state index in [1.807, 2.05) is 0 Å². The number of Topliss-reactive ketones (excluding diaryl/α,β-unsaturated/α-hetero) is 1. The fourth-order valence-corrected chi connectivity index (χ4v) is 4.14. The van der Waals surface area contributed by atoms with Crippen molar-refractivity contribution in [2.45, 2.75) is 5.92 Å². The fraction of sp³-hybridized carbons (Fsp3) is 0.150. The minimum Gasteiger partial charge on any atom is -0.405 e. The van der Waals surface area contributed by atoms with Gasteiger partial charge in [0.05, 0.1) is 23.2 Å². The molecule has 2 aliphatic rings. The number of ketones is 1. The predicted octanol–water partition coefficient (Wildman–Crippen LogP) is 1.75. The van der Waals surface area contributed by atoms with Crippen molar-refractivity contribution in [1.82, 2.24) is 9.13 Å². The number of anilines is 1. The van der Waals surface area contributed by atoms with Gasteiger partial charge in [0.15, 0.2) is 5.78 Å². The quantitative estimate of drug-likeness (QED) is 0.507. The van der Waals surface area contributed by atoms with Crippen LogP contribution in [0.15, 0.2) is 56.0 Å². The number of hydrogen-bond acceptors (Lipinski definition) is 7. The Kier molecular flexibility index (Phi) is 3.51. The Hall–Kier alpha value is -4.21. The van der Waals surface area contributed by atoms with Gasteiger partial charge in [0.25, 0.3) is 5.56 Å². The number of furan rings is 1. The van der Waals surface area contributed by atoms with Crippen molar-refractivity contribution in [1.29, 1.82) is 0 Å². The molecule has 1 aliphatic carbocycles. The molecule has 3 heterocycles. The summed E-state index contributed by atoms with van der Waals surface area (Å²) in [4.78, 5) is 49.3. The first-order chi connectivity index (χ1) is 14.3. The molecule has 0 saturated heterocycles. The van der Waals surface area contributed by atoms with E-state index in [-0.39, 0.29) is 28.5 Å². The van der Waals surface area contributed by atoms with Crippen LogP contribution in [0, 0.1) is 10.1 Å². The van der Waals surface area contributed by atoms with Gasteiger partial charge in [0.1, 0.15) is 16.5 Å². The summed E-state index contributed by atoms with van der Waals surface area (Å²) in [5.41, 5.74) is 0.734. The first kappa shape index (κ1) is 17.9. The van der Waals surface area contributed by atoms with Crippen LogP contribution in [0.3, 0.4) is 0 Å². The third-order valence-corrected chi connectivity index (χ3v) is 5.55. The maximum Gasteiger partial charge on any atom is 0.433 e. The third kappa shape index (κ3) is 2.15. The van der Waals surface area contributed by atoms with Crippen LogP contribution in [-0.2, 0) is 14.1 Å². The molecule has 1 atom stereocenters. The Morgan fingerprint density at radius 3 is 2.40 bits per heavy atom. The molecule has 10 nitrogen and oxygen atoms in total. The highest BCUT2D eigenvalue weighted by Crippen LogP contribution is 2.48. The Bertz CT molecular complexity index is 1440. The second-order valence-corrected chi connectivity index (χ2v) is 7.12. The molecule has 0 spiro atoms. The Morgan fingerprint density at radius 1 is 1.03 bits per heavy atom. The lowest BCUT2D eigenvalue weighted by Crippen LogP contribution is -2.42. The second kappa shape index (κ2) is 5.89. The molecule has 0 fully saturated rings. The van der Waals surface area contributed by atoms with Crippen LogP contribution in [0.25, 0.3) is 5.70 Å². The van der Waals surface area contributed by atoms with E-state index in [0.717, 1.165) is 4.57 Å². The number of nitro groups is 1. The molecule has 150 valence electrons. The number of aromatic nitrogens is 2. The van der Waals surface area contributed by atoms with Crippen molar-refractivity contribution in [3.8, 4) is 0 Å². The van der Waals surface area contributed by atoms with Gasteiger partial charge in [-0.15, -0.1) is 0 Å². The zero-order valence-electron chi connectivity index (χ0n) is 15.8. The first-order valence-electron chi connectivity index (χ1n) is 9.00. The van der Waals surface area contributed by atoms with Crippen molar-refractivity contribution in [3.63, 3.8) is 0 Å². The van der Waals surface area contributed by atoms with Gasteiger partial charge in [-0.3, -0.25) is 28.8 Å². The van der Waals surface area contributed by atoms with Crippen LogP contribution in [0.2, 0.25) is 0 Å². The Balaban J connectivity index is 1.87. The lowest BCUT2D eigenvalue weighted by molar-refractivity contribution is -0.402. The molecule has 1 aliphatic heterocycles. The van der Waals surface area contributed by atoms with Crippen molar-refractivity contribution < 1.29 is 14.1 Å². The highest BCUT2D eigenvalue weighted by molar-refractivity contribution is 6.23. The standard InChI is InChI=1S/C20H14N4O6/c1-22-18-15(19(26)23(2)20(22)27)13(11-7-8-12(30-11)24(28)29)14-16(21-18)9-5-3-4-6-10(9)17(14)25/h3-8,13,21H,1-2H3. The van der Waals surface area contributed by atoms with Crippen molar-refractivity contribution in [2.75, 3.05) is 5.32 Å². The molecular formula is C20H14N4O6.